The Hall–Kier alpha value is -1.83. The Labute approximate surface area is 118 Å². The van der Waals surface area contributed by atoms with Gasteiger partial charge in [0.1, 0.15) is 0 Å². The summed E-state index contributed by atoms with van der Waals surface area (Å²) in [6.45, 7) is 5.11. The monoisotopic (exact) mass is 280 g/mol. The number of hydrogen-bond donors (Lipinski definition) is 1. The summed E-state index contributed by atoms with van der Waals surface area (Å²) in [7, 11) is 0. The van der Waals surface area contributed by atoms with Gasteiger partial charge in [-0.1, -0.05) is 24.9 Å². The van der Waals surface area contributed by atoms with Crippen LogP contribution in [0.5, 0.6) is 0 Å². The van der Waals surface area contributed by atoms with Crippen LogP contribution in [0.2, 0.25) is 0 Å². The number of rotatable bonds is 6. The summed E-state index contributed by atoms with van der Waals surface area (Å²) in [6.07, 6.45) is 1.26. The van der Waals surface area contributed by atoms with Gasteiger partial charge in [0.15, 0.2) is 0 Å². The second kappa shape index (κ2) is 7.09. The Bertz CT molecular complexity index is 509. The molecule has 0 bridgehead atoms. The number of amides is 1. The summed E-state index contributed by atoms with van der Waals surface area (Å²) in [6, 6.07) is 1.74. The highest BCUT2D eigenvalue weighted by molar-refractivity contribution is 5.79. The minimum atomic E-state index is -0.842. The SMILES string of the molecule is C[C@@H](F)CCC#Cc1cc(CCC(C)(C)C(N)=O)no1. The van der Waals surface area contributed by atoms with Gasteiger partial charge in [-0.15, -0.1) is 0 Å². The quantitative estimate of drug-likeness (QED) is 0.814. The third-order valence-corrected chi connectivity index (χ3v) is 3.11. The van der Waals surface area contributed by atoms with Crippen molar-refractivity contribution in [2.24, 2.45) is 11.1 Å². The minimum Gasteiger partial charge on any atom is -0.369 e. The average Bonchev–Trinajstić information content (AvgIpc) is 2.80. The number of aryl methyl sites for hydroxylation is 1. The third-order valence-electron chi connectivity index (χ3n) is 3.11. The van der Waals surface area contributed by atoms with Crippen LogP contribution in [0, 0.1) is 17.3 Å². The number of aromatic nitrogens is 1. The average molecular weight is 280 g/mol. The van der Waals surface area contributed by atoms with Crippen molar-refractivity contribution in [3.63, 3.8) is 0 Å². The molecule has 0 aromatic carbocycles. The number of carbonyl (C=O) groups is 1. The Kier molecular flexibility index (Phi) is 5.75. The maximum atomic E-state index is 12.6. The molecule has 1 aromatic heterocycles. The van der Waals surface area contributed by atoms with Gasteiger partial charge in [0, 0.05) is 17.9 Å². The van der Waals surface area contributed by atoms with E-state index in [9.17, 15) is 9.18 Å². The first-order chi connectivity index (χ1) is 9.31. The molecule has 0 radical (unpaired) electrons. The molecule has 5 heteroatoms. The van der Waals surface area contributed by atoms with Gasteiger partial charge in [-0.25, -0.2) is 4.39 Å². The normalized spacial score (nSPS) is 12.6. The summed E-state index contributed by atoms with van der Waals surface area (Å²) < 4.78 is 17.6. The van der Waals surface area contributed by atoms with E-state index in [1.165, 1.54) is 6.92 Å². The fourth-order valence-electron chi connectivity index (χ4n) is 1.47. The smallest absolute Gasteiger partial charge is 0.223 e. The molecule has 1 amide bonds. The van der Waals surface area contributed by atoms with Crippen LogP contribution in [0.3, 0.4) is 0 Å². The summed E-state index contributed by atoms with van der Waals surface area (Å²) in [4.78, 5) is 11.2. The lowest BCUT2D eigenvalue weighted by molar-refractivity contribution is -0.126. The van der Waals surface area contributed by atoms with E-state index in [0.29, 0.717) is 31.4 Å². The molecule has 0 unspecified atom stereocenters. The molecule has 0 fully saturated rings. The van der Waals surface area contributed by atoms with E-state index in [-0.39, 0.29) is 5.91 Å². The van der Waals surface area contributed by atoms with Gasteiger partial charge < -0.3 is 10.3 Å². The van der Waals surface area contributed by atoms with E-state index in [2.05, 4.69) is 17.0 Å². The molecular weight excluding hydrogens is 259 g/mol. The topological polar surface area (TPSA) is 69.1 Å². The molecule has 1 atom stereocenters. The molecule has 20 heavy (non-hydrogen) atoms. The van der Waals surface area contributed by atoms with Crippen LogP contribution in [-0.4, -0.2) is 17.2 Å². The van der Waals surface area contributed by atoms with Crippen molar-refractivity contribution in [3.8, 4) is 11.8 Å². The van der Waals surface area contributed by atoms with Crippen molar-refractivity contribution >= 4 is 5.91 Å². The van der Waals surface area contributed by atoms with E-state index in [0.717, 1.165) is 5.69 Å². The molecule has 0 saturated carbocycles. The van der Waals surface area contributed by atoms with Crippen LogP contribution >= 0.6 is 0 Å². The molecule has 1 aromatic rings. The lowest BCUT2D eigenvalue weighted by Crippen LogP contribution is -2.31. The second-order valence-electron chi connectivity index (χ2n) is 5.55. The van der Waals surface area contributed by atoms with E-state index in [1.54, 1.807) is 19.9 Å². The Morgan fingerprint density at radius 1 is 1.60 bits per heavy atom. The highest BCUT2D eigenvalue weighted by atomic mass is 19.1. The molecule has 0 spiro atoms. The fraction of sp³-hybridized carbons (Fsp3) is 0.600. The second-order valence-corrected chi connectivity index (χ2v) is 5.55. The first-order valence-electron chi connectivity index (χ1n) is 6.69. The van der Waals surface area contributed by atoms with Crippen molar-refractivity contribution in [1.82, 2.24) is 5.16 Å². The summed E-state index contributed by atoms with van der Waals surface area (Å²) in [5.41, 5.74) is 5.48. The third kappa shape index (κ3) is 5.43. The zero-order valence-electron chi connectivity index (χ0n) is 12.2. The van der Waals surface area contributed by atoms with Gasteiger partial charge in [-0.05, 0) is 32.1 Å². The standard InChI is InChI=1S/C15H21FN2O2/c1-11(16)6-4-5-7-13-10-12(18-20-13)8-9-15(2,3)14(17)19/h10-11H,4,6,8-9H2,1-3H3,(H2,17,19)/t11-/m1/s1. The number of alkyl halides is 1. The number of nitrogens with two attached hydrogens (primary N) is 1. The highest BCUT2D eigenvalue weighted by Gasteiger charge is 2.24. The van der Waals surface area contributed by atoms with Gasteiger partial charge in [-0.3, -0.25) is 4.79 Å². The molecule has 0 aliphatic heterocycles. The number of hydrogen-bond acceptors (Lipinski definition) is 3. The van der Waals surface area contributed by atoms with Gasteiger partial charge in [0.2, 0.25) is 11.7 Å². The molecule has 0 aliphatic rings. The van der Waals surface area contributed by atoms with Crippen molar-refractivity contribution < 1.29 is 13.7 Å². The molecule has 1 heterocycles. The van der Waals surface area contributed by atoms with Gasteiger partial charge in [-0.2, -0.15) is 0 Å². The first-order valence-corrected chi connectivity index (χ1v) is 6.69. The predicted molar refractivity (Wildman–Crippen MR) is 74.5 cm³/mol. The molecule has 1 rings (SSSR count). The van der Waals surface area contributed by atoms with Crippen molar-refractivity contribution in [3.05, 3.63) is 17.5 Å². The van der Waals surface area contributed by atoms with Crippen molar-refractivity contribution in [1.29, 1.82) is 0 Å². The lowest BCUT2D eigenvalue weighted by atomic mass is 9.86. The van der Waals surface area contributed by atoms with Crippen LogP contribution in [0.1, 0.15) is 51.5 Å². The van der Waals surface area contributed by atoms with Crippen LogP contribution < -0.4 is 5.73 Å². The Morgan fingerprint density at radius 2 is 2.30 bits per heavy atom. The highest BCUT2D eigenvalue weighted by Crippen LogP contribution is 2.22. The van der Waals surface area contributed by atoms with E-state index in [4.69, 9.17) is 10.3 Å². The number of primary amides is 1. The number of nitrogens with zero attached hydrogens (tertiary/aromatic N) is 1. The molecule has 110 valence electrons. The number of halogens is 1. The lowest BCUT2D eigenvalue weighted by Gasteiger charge is -2.18. The van der Waals surface area contributed by atoms with Gasteiger partial charge >= 0.3 is 0 Å². The van der Waals surface area contributed by atoms with Gasteiger partial charge in [0.25, 0.3) is 0 Å². The van der Waals surface area contributed by atoms with Crippen LogP contribution in [0.15, 0.2) is 10.6 Å². The first kappa shape index (κ1) is 16.2. The summed E-state index contributed by atoms with van der Waals surface area (Å²) in [5, 5.41) is 3.89. The van der Waals surface area contributed by atoms with Crippen molar-refractivity contribution in [2.75, 3.05) is 0 Å². The van der Waals surface area contributed by atoms with Crippen LogP contribution in [0.25, 0.3) is 0 Å². The van der Waals surface area contributed by atoms with E-state index in [1.807, 2.05) is 0 Å². The van der Waals surface area contributed by atoms with E-state index < -0.39 is 11.6 Å². The van der Waals surface area contributed by atoms with Crippen LogP contribution in [0.4, 0.5) is 4.39 Å². The zero-order valence-corrected chi connectivity index (χ0v) is 12.2. The molecule has 4 nitrogen and oxygen atoms in total. The van der Waals surface area contributed by atoms with Crippen molar-refractivity contribution in [2.45, 2.75) is 52.6 Å². The van der Waals surface area contributed by atoms with Gasteiger partial charge in [0.05, 0.1) is 11.9 Å². The largest absolute Gasteiger partial charge is 0.369 e. The molecule has 0 aliphatic carbocycles. The minimum absolute atomic E-state index is 0.332. The van der Waals surface area contributed by atoms with Crippen LogP contribution in [-0.2, 0) is 11.2 Å². The maximum Gasteiger partial charge on any atom is 0.223 e. The predicted octanol–water partition coefficient (Wildman–Crippen LogP) is 2.61. The zero-order chi connectivity index (χ0) is 15.2. The molecule has 0 saturated heterocycles. The number of carbonyl (C=O) groups excluding carboxylic acids is 1. The van der Waals surface area contributed by atoms with E-state index >= 15 is 0 Å². The molecule has 2 N–H and O–H groups in total. The molecular formula is C15H21FN2O2. The fourth-order valence-corrected chi connectivity index (χ4v) is 1.47. The summed E-state index contributed by atoms with van der Waals surface area (Å²) >= 11 is 0. The Balaban J connectivity index is 2.49. The maximum absolute atomic E-state index is 12.6. The summed E-state index contributed by atoms with van der Waals surface area (Å²) in [5.74, 6) is 5.77. The Morgan fingerprint density at radius 3 is 2.90 bits per heavy atom.